The Bertz CT molecular complexity index is 391. The second-order valence-corrected chi connectivity index (χ2v) is 5.04. The average Bonchev–Trinajstić information content (AvgIpc) is 2.28. The molecule has 0 aliphatic carbocycles. The van der Waals surface area contributed by atoms with Gasteiger partial charge in [-0.15, -0.1) is 12.4 Å². The number of benzene rings is 1. The molecule has 1 atom stereocenters. The highest BCUT2D eigenvalue weighted by Gasteiger charge is 2.17. The summed E-state index contributed by atoms with van der Waals surface area (Å²) in [6.07, 6.45) is 0. The Morgan fingerprint density at radius 3 is 2.33 bits per heavy atom. The molecule has 0 unspecified atom stereocenters. The lowest BCUT2D eigenvalue weighted by atomic mass is 10.0. The summed E-state index contributed by atoms with van der Waals surface area (Å²) in [5, 5.41) is 2.85. The molecule has 0 bridgehead atoms. The van der Waals surface area contributed by atoms with Crippen molar-refractivity contribution in [1.29, 1.82) is 0 Å². The van der Waals surface area contributed by atoms with Crippen LogP contribution in [0.4, 0.5) is 5.69 Å². The fourth-order valence-electron chi connectivity index (χ4n) is 1.50. The molecule has 0 radical (unpaired) electrons. The summed E-state index contributed by atoms with van der Waals surface area (Å²) >= 11 is 0. The van der Waals surface area contributed by atoms with Gasteiger partial charge in [0.25, 0.3) is 0 Å². The summed E-state index contributed by atoms with van der Waals surface area (Å²) in [7, 11) is 0. The SMILES string of the molecule is CC(C)c1cccc(NC(=O)[C@H](N)C(C)C)c1.Cl. The highest BCUT2D eigenvalue weighted by molar-refractivity contribution is 5.94. The van der Waals surface area contributed by atoms with E-state index in [9.17, 15) is 4.79 Å². The molecule has 18 heavy (non-hydrogen) atoms. The van der Waals surface area contributed by atoms with Crippen molar-refractivity contribution >= 4 is 24.0 Å². The Balaban J connectivity index is 0.00000289. The van der Waals surface area contributed by atoms with Gasteiger partial charge in [-0.2, -0.15) is 0 Å². The molecule has 0 spiro atoms. The van der Waals surface area contributed by atoms with Gasteiger partial charge in [-0.1, -0.05) is 39.8 Å². The first-order valence-electron chi connectivity index (χ1n) is 6.08. The van der Waals surface area contributed by atoms with Gasteiger partial charge in [0, 0.05) is 5.69 Å². The number of anilines is 1. The third-order valence-electron chi connectivity index (χ3n) is 2.84. The van der Waals surface area contributed by atoms with Crippen LogP contribution in [0.2, 0.25) is 0 Å². The maximum absolute atomic E-state index is 11.8. The Kier molecular flexibility index (Phi) is 6.96. The van der Waals surface area contributed by atoms with Gasteiger partial charge in [0.15, 0.2) is 0 Å². The summed E-state index contributed by atoms with van der Waals surface area (Å²) in [5.41, 5.74) is 7.82. The minimum atomic E-state index is -0.460. The molecule has 3 N–H and O–H groups in total. The second kappa shape index (κ2) is 7.39. The molecule has 102 valence electrons. The smallest absolute Gasteiger partial charge is 0.241 e. The van der Waals surface area contributed by atoms with E-state index in [2.05, 4.69) is 25.2 Å². The lowest BCUT2D eigenvalue weighted by Gasteiger charge is -2.16. The van der Waals surface area contributed by atoms with Crippen LogP contribution in [0.5, 0.6) is 0 Å². The maximum atomic E-state index is 11.8. The van der Waals surface area contributed by atoms with Crippen molar-refractivity contribution in [3.8, 4) is 0 Å². The first-order chi connectivity index (χ1) is 7.91. The zero-order chi connectivity index (χ0) is 13.0. The predicted molar refractivity (Wildman–Crippen MR) is 79.2 cm³/mol. The van der Waals surface area contributed by atoms with E-state index >= 15 is 0 Å². The molecule has 0 aliphatic heterocycles. The lowest BCUT2D eigenvalue weighted by molar-refractivity contribution is -0.118. The van der Waals surface area contributed by atoms with E-state index in [-0.39, 0.29) is 24.2 Å². The van der Waals surface area contributed by atoms with E-state index in [1.165, 1.54) is 5.56 Å². The van der Waals surface area contributed by atoms with Gasteiger partial charge in [0.1, 0.15) is 0 Å². The van der Waals surface area contributed by atoms with Crippen molar-refractivity contribution in [3.05, 3.63) is 29.8 Å². The van der Waals surface area contributed by atoms with Crippen LogP contribution in [-0.2, 0) is 4.79 Å². The molecule has 1 aromatic carbocycles. The fourth-order valence-corrected chi connectivity index (χ4v) is 1.50. The van der Waals surface area contributed by atoms with Gasteiger partial charge in [-0.05, 0) is 29.5 Å². The topological polar surface area (TPSA) is 55.1 Å². The number of amides is 1. The number of nitrogens with one attached hydrogen (secondary N) is 1. The molecule has 3 nitrogen and oxygen atoms in total. The number of carbonyl (C=O) groups excluding carboxylic acids is 1. The van der Waals surface area contributed by atoms with Crippen LogP contribution in [0.1, 0.15) is 39.2 Å². The lowest BCUT2D eigenvalue weighted by Crippen LogP contribution is -2.39. The highest BCUT2D eigenvalue weighted by atomic mass is 35.5. The van der Waals surface area contributed by atoms with Crippen molar-refractivity contribution in [2.24, 2.45) is 11.7 Å². The fraction of sp³-hybridized carbons (Fsp3) is 0.500. The monoisotopic (exact) mass is 270 g/mol. The summed E-state index contributed by atoms with van der Waals surface area (Å²) in [6, 6.07) is 7.43. The van der Waals surface area contributed by atoms with Crippen LogP contribution in [0.3, 0.4) is 0 Å². The maximum Gasteiger partial charge on any atom is 0.241 e. The third-order valence-corrected chi connectivity index (χ3v) is 2.84. The number of rotatable bonds is 4. The number of hydrogen-bond acceptors (Lipinski definition) is 2. The molecule has 1 rings (SSSR count). The zero-order valence-corrected chi connectivity index (χ0v) is 12.3. The average molecular weight is 271 g/mol. The van der Waals surface area contributed by atoms with Gasteiger partial charge in [0.05, 0.1) is 6.04 Å². The summed E-state index contributed by atoms with van der Waals surface area (Å²) in [4.78, 5) is 11.8. The quantitative estimate of drug-likeness (QED) is 0.883. The van der Waals surface area contributed by atoms with Crippen LogP contribution >= 0.6 is 12.4 Å². The summed E-state index contributed by atoms with van der Waals surface area (Å²) in [6.45, 7) is 8.13. The normalized spacial score (nSPS) is 12.2. The minimum absolute atomic E-state index is 0. The van der Waals surface area contributed by atoms with Gasteiger partial charge >= 0.3 is 0 Å². The van der Waals surface area contributed by atoms with E-state index in [4.69, 9.17) is 5.73 Å². The first kappa shape index (κ1) is 16.9. The van der Waals surface area contributed by atoms with Crippen molar-refractivity contribution in [3.63, 3.8) is 0 Å². The van der Waals surface area contributed by atoms with E-state index in [0.29, 0.717) is 5.92 Å². The van der Waals surface area contributed by atoms with E-state index in [0.717, 1.165) is 5.69 Å². The number of hydrogen-bond donors (Lipinski definition) is 2. The molecule has 0 fully saturated rings. The van der Waals surface area contributed by atoms with Crippen molar-refractivity contribution < 1.29 is 4.79 Å². The van der Waals surface area contributed by atoms with Crippen LogP contribution < -0.4 is 11.1 Å². The van der Waals surface area contributed by atoms with Crippen LogP contribution in [0.25, 0.3) is 0 Å². The molecule has 0 saturated carbocycles. The highest BCUT2D eigenvalue weighted by Crippen LogP contribution is 2.18. The second-order valence-electron chi connectivity index (χ2n) is 5.04. The Morgan fingerprint density at radius 1 is 1.22 bits per heavy atom. The van der Waals surface area contributed by atoms with Crippen molar-refractivity contribution in [1.82, 2.24) is 0 Å². The summed E-state index contributed by atoms with van der Waals surface area (Å²) in [5.74, 6) is 0.467. The number of nitrogens with two attached hydrogens (primary N) is 1. The van der Waals surface area contributed by atoms with Crippen LogP contribution in [-0.4, -0.2) is 11.9 Å². The van der Waals surface area contributed by atoms with E-state index < -0.39 is 6.04 Å². The Labute approximate surface area is 116 Å². The molecule has 0 aromatic heterocycles. The van der Waals surface area contributed by atoms with E-state index in [1.54, 1.807) is 0 Å². The molecular formula is C14H23ClN2O. The van der Waals surface area contributed by atoms with Crippen LogP contribution in [0, 0.1) is 5.92 Å². The minimum Gasteiger partial charge on any atom is -0.325 e. The predicted octanol–water partition coefficient (Wildman–Crippen LogP) is 3.15. The molecule has 0 heterocycles. The van der Waals surface area contributed by atoms with Gasteiger partial charge in [-0.25, -0.2) is 0 Å². The molecular weight excluding hydrogens is 248 g/mol. The van der Waals surface area contributed by atoms with Gasteiger partial charge in [-0.3, -0.25) is 4.79 Å². The number of halogens is 1. The molecule has 1 amide bonds. The van der Waals surface area contributed by atoms with Gasteiger partial charge in [0.2, 0.25) is 5.91 Å². The van der Waals surface area contributed by atoms with Gasteiger partial charge < -0.3 is 11.1 Å². The Hall–Kier alpha value is -1.06. The van der Waals surface area contributed by atoms with E-state index in [1.807, 2.05) is 32.0 Å². The summed E-state index contributed by atoms with van der Waals surface area (Å²) < 4.78 is 0. The molecule has 0 saturated heterocycles. The largest absolute Gasteiger partial charge is 0.325 e. The molecule has 0 aliphatic rings. The van der Waals surface area contributed by atoms with Crippen molar-refractivity contribution in [2.45, 2.75) is 39.7 Å². The first-order valence-corrected chi connectivity index (χ1v) is 6.08. The molecule has 1 aromatic rings. The standard InChI is InChI=1S/C14H22N2O.ClH/c1-9(2)11-6-5-7-12(8-11)16-14(17)13(15)10(3)4;/h5-10,13H,15H2,1-4H3,(H,16,17);1H/t13-;/m1./s1. The zero-order valence-electron chi connectivity index (χ0n) is 11.4. The number of carbonyl (C=O) groups is 1. The molecule has 4 heteroatoms. The Morgan fingerprint density at radius 2 is 1.83 bits per heavy atom. The van der Waals surface area contributed by atoms with Crippen LogP contribution in [0.15, 0.2) is 24.3 Å². The van der Waals surface area contributed by atoms with Crippen molar-refractivity contribution in [2.75, 3.05) is 5.32 Å². The third kappa shape index (κ3) is 4.67.